The molecular weight excluding hydrogens is 262 g/mol. The fraction of sp³-hybridized carbons (Fsp3) is 0.429. The number of ether oxygens (including phenoxy) is 2. The molecule has 1 aliphatic rings. The summed E-state index contributed by atoms with van der Waals surface area (Å²) in [6.07, 6.45) is -0.560. The lowest BCUT2D eigenvalue weighted by atomic mass is 9.85. The number of carbonyl (C=O) groups is 2. The third kappa shape index (κ3) is 2.46. The standard InChI is InChI=1S/C14H17NO5/c1-10-14(18,12(16)19-2)9-15(10)13(17)20-8-11-6-4-3-5-7-11/h3-7,10,18H,8-9H2,1-2H3. The average Bonchev–Trinajstić information content (AvgIpc) is 2.49. The molecule has 2 atom stereocenters. The highest BCUT2D eigenvalue weighted by Crippen LogP contribution is 2.31. The normalized spacial score (nSPS) is 24.8. The maximum atomic E-state index is 11.8. The largest absolute Gasteiger partial charge is 0.467 e. The van der Waals surface area contributed by atoms with Crippen LogP contribution in [0.2, 0.25) is 0 Å². The Hall–Kier alpha value is -2.08. The third-order valence-corrected chi connectivity index (χ3v) is 3.55. The van der Waals surface area contributed by atoms with E-state index in [0.717, 1.165) is 5.56 Å². The molecule has 1 aliphatic heterocycles. The molecule has 20 heavy (non-hydrogen) atoms. The predicted molar refractivity (Wildman–Crippen MR) is 69.8 cm³/mol. The number of carbonyl (C=O) groups excluding carboxylic acids is 2. The SMILES string of the molecule is COC(=O)C1(O)CN(C(=O)OCc2ccccc2)C1C. The van der Waals surface area contributed by atoms with E-state index < -0.39 is 23.7 Å². The average molecular weight is 279 g/mol. The van der Waals surface area contributed by atoms with Gasteiger partial charge in [-0.15, -0.1) is 0 Å². The zero-order valence-electron chi connectivity index (χ0n) is 11.4. The van der Waals surface area contributed by atoms with Gasteiger partial charge in [0.05, 0.1) is 19.7 Å². The van der Waals surface area contributed by atoms with Crippen molar-refractivity contribution < 1.29 is 24.2 Å². The lowest BCUT2D eigenvalue weighted by Crippen LogP contribution is -2.73. The summed E-state index contributed by atoms with van der Waals surface area (Å²) >= 11 is 0. The minimum Gasteiger partial charge on any atom is -0.467 e. The van der Waals surface area contributed by atoms with Crippen LogP contribution in [0.25, 0.3) is 0 Å². The van der Waals surface area contributed by atoms with E-state index in [-0.39, 0.29) is 13.2 Å². The first-order valence-corrected chi connectivity index (χ1v) is 6.27. The Labute approximate surface area is 116 Å². The van der Waals surface area contributed by atoms with Crippen LogP contribution >= 0.6 is 0 Å². The molecule has 2 rings (SSSR count). The summed E-state index contributed by atoms with van der Waals surface area (Å²) in [6.45, 7) is 1.61. The van der Waals surface area contributed by atoms with Gasteiger partial charge in [-0.05, 0) is 12.5 Å². The van der Waals surface area contributed by atoms with Gasteiger partial charge in [-0.25, -0.2) is 9.59 Å². The van der Waals surface area contributed by atoms with Crippen molar-refractivity contribution in [3.05, 3.63) is 35.9 Å². The molecule has 1 aromatic rings. The molecule has 1 fully saturated rings. The molecule has 0 spiro atoms. The van der Waals surface area contributed by atoms with Crippen molar-refractivity contribution in [2.24, 2.45) is 0 Å². The highest BCUT2D eigenvalue weighted by Gasteiger charge is 2.58. The molecule has 1 saturated heterocycles. The second kappa shape index (κ2) is 5.50. The maximum Gasteiger partial charge on any atom is 0.410 e. The third-order valence-electron chi connectivity index (χ3n) is 3.55. The topological polar surface area (TPSA) is 76.1 Å². The van der Waals surface area contributed by atoms with E-state index in [9.17, 15) is 14.7 Å². The molecule has 0 radical (unpaired) electrons. The van der Waals surface area contributed by atoms with Crippen LogP contribution in [0.15, 0.2) is 30.3 Å². The first kappa shape index (κ1) is 14.3. The number of nitrogens with zero attached hydrogens (tertiary/aromatic N) is 1. The molecule has 1 heterocycles. The number of β-amino-alcohol motifs (C(OH)–C–C–N with tert-alkyl or cyclic N) is 1. The monoisotopic (exact) mass is 279 g/mol. The Bertz CT molecular complexity index is 504. The van der Waals surface area contributed by atoms with Crippen LogP contribution in [0.1, 0.15) is 12.5 Å². The van der Waals surface area contributed by atoms with Crippen LogP contribution in [0.5, 0.6) is 0 Å². The van der Waals surface area contributed by atoms with Gasteiger partial charge >= 0.3 is 12.1 Å². The molecule has 1 N–H and O–H groups in total. The summed E-state index contributed by atoms with van der Waals surface area (Å²) in [7, 11) is 1.20. The van der Waals surface area contributed by atoms with Gasteiger partial charge in [0.25, 0.3) is 0 Å². The van der Waals surface area contributed by atoms with E-state index in [4.69, 9.17) is 4.74 Å². The number of methoxy groups -OCH3 is 1. The highest BCUT2D eigenvalue weighted by molar-refractivity contribution is 5.85. The van der Waals surface area contributed by atoms with Crippen LogP contribution in [0, 0.1) is 0 Å². The van der Waals surface area contributed by atoms with Crippen molar-refractivity contribution in [3.8, 4) is 0 Å². The van der Waals surface area contributed by atoms with E-state index in [1.807, 2.05) is 30.3 Å². The Balaban J connectivity index is 1.88. The quantitative estimate of drug-likeness (QED) is 0.833. The first-order valence-electron chi connectivity index (χ1n) is 6.27. The minimum atomic E-state index is -1.64. The van der Waals surface area contributed by atoms with Gasteiger partial charge < -0.3 is 14.6 Å². The fourth-order valence-electron chi connectivity index (χ4n) is 2.11. The van der Waals surface area contributed by atoms with E-state index in [1.165, 1.54) is 12.0 Å². The summed E-state index contributed by atoms with van der Waals surface area (Å²) in [4.78, 5) is 24.6. The lowest BCUT2D eigenvalue weighted by molar-refractivity contribution is -0.190. The van der Waals surface area contributed by atoms with Gasteiger partial charge in [0.1, 0.15) is 6.61 Å². The number of rotatable bonds is 3. The number of aliphatic hydroxyl groups is 1. The van der Waals surface area contributed by atoms with Crippen molar-refractivity contribution >= 4 is 12.1 Å². The minimum absolute atomic E-state index is 0.117. The number of hydrogen-bond donors (Lipinski definition) is 1. The molecule has 1 aromatic carbocycles. The summed E-state index contributed by atoms with van der Waals surface area (Å²) in [5.41, 5.74) is -0.766. The zero-order valence-corrected chi connectivity index (χ0v) is 11.4. The van der Waals surface area contributed by atoms with Crippen LogP contribution in [-0.4, -0.2) is 47.4 Å². The van der Waals surface area contributed by atoms with Gasteiger partial charge in [0.15, 0.2) is 5.60 Å². The number of benzene rings is 1. The molecule has 6 heteroatoms. The van der Waals surface area contributed by atoms with Gasteiger partial charge in [0, 0.05) is 0 Å². The lowest BCUT2D eigenvalue weighted by Gasteiger charge is -2.49. The molecule has 2 unspecified atom stereocenters. The second-order valence-electron chi connectivity index (χ2n) is 4.76. The van der Waals surface area contributed by atoms with Crippen LogP contribution in [-0.2, 0) is 20.9 Å². The molecule has 0 aromatic heterocycles. The first-order chi connectivity index (χ1) is 9.49. The molecular formula is C14H17NO5. The van der Waals surface area contributed by atoms with Crippen LogP contribution in [0.3, 0.4) is 0 Å². The molecule has 6 nitrogen and oxygen atoms in total. The van der Waals surface area contributed by atoms with Gasteiger partial charge in [-0.1, -0.05) is 30.3 Å². The molecule has 1 amide bonds. The highest BCUT2D eigenvalue weighted by atomic mass is 16.6. The fourth-order valence-corrected chi connectivity index (χ4v) is 2.11. The summed E-state index contributed by atoms with van der Waals surface area (Å²) in [5.74, 6) is -0.739. The molecule has 0 bridgehead atoms. The molecule has 0 saturated carbocycles. The molecule has 108 valence electrons. The van der Waals surface area contributed by atoms with Crippen molar-refractivity contribution in [1.82, 2.24) is 4.90 Å². The Morgan fingerprint density at radius 3 is 2.60 bits per heavy atom. The van der Waals surface area contributed by atoms with Crippen LogP contribution in [0.4, 0.5) is 4.79 Å². The number of hydrogen-bond acceptors (Lipinski definition) is 5. The maximum absolute atomic E-state index is 11.8. The van der Waals surface area contributed by atoms with Crippen molar-refractivity contribution in [3.63, 3.8) is 0 Å². The Morgan fingerprint density at radius 1 is 1.40 bits per heavy atom. The summed E-state index contributed by atoms with van der Waals surface area (Å²) in [5, 5.41) is 10.0. The van der Waals surface area contributed by atoms with E-state index in [1.54, 1.807) is 6.92 Å². The second-order valence-corrected chi connectivity index (χ2v) is 4.76. The van der Waals surface area contributed by atoms with Gasteiger partial charge in [-0.3, -0.25) is 4.90 Å². The number of amides is 1. The number of esters is 1. The van der Waals surface area contributed by atoms with Crippen LogP contribution < -0.4 is 0 Å². The van der Waals surface area contributed by atoms with Crippen molar-refractivity contribution in [1.29, 1.82) is 0 Å². The Kier molecular flexibility index (Phi) is 3.94. The summed E-state index contributed by atoms with van der Waals surface area (Å²) < 4.78 is 9.65. The van der Waals surface area contributed by atoms with E-state index >= 15 is 0 Å². The van der Waals surface area contributed by atoms with E-state index in [0.29, 0.717) is 0 Å². The smallest absolute Gasteiger partial charge is 0.410 e. The van der Waals surface area contributed by atoms with E-state index in [2.05, 4.69) is 4.74 Å². The number of likely N-dealkylation sites (tertiary alicyclic amines) is 1. The van der Waals surface area contributed by atoms with Crippen molar-refractivity contribution in [2.75, 3.05) is 13.7 Å². The zero-order chi connectivity index (χ0) is 14.8. The molecule has 0 aliphatic carbocycles. The van der Waals surface area contributed by atoms with Crippen molar-refractivity contribution in [2.45, 2.75) is 25.2 Å². The predicted octanol–water partition coefficient (Wildman–Crippen LogP) is 0.931. The summed E-state index contributed by atoms with van der Waals surface area (Å²) in [6, 6.07) is 8.60. The van der Waals surface area contributed by atoms with Gasteiger partial charge in [0.2, 0.25) is 0 Å². The Morgan fingerprint density at radius 2 is 2.05 bits per heavy atom. The van der Waals surface area contributed by atoms with Gasteiger partial charge in [-0.2, -0.15) is 0 Å².